The highest BCUT2D eigenvalue weighted by Crippen LogP contribution is 2.29. The topological polar surface area (TPSA) is 27.1 Å². The van der Waals surface area contributed by atoms with Gasteiger partial charge >= 0.3 is 0 Å². The molecule has 14 heavy (non-hydrogen) atoms. The molecule has 0 fully saturated rings. The molecule has 0 spiro atoms. The number of hydrogen-bond acceptors (Lipinski definition) is 2. The van der Waals surface area contributed by atoms with Gasteiger partial charge in [-0.15, -0.1) is 0 Å². The van der Waals surface area contributed by atoms with Gasteiger partial charge in [-0.3, -0.25) is 4.68 Å². The molecular weight excluding hydrogens is 244 g/mol. The maximum atomic E-state index is 5.46. The lowest BCUT2D eigenvalue weighted by Gasteiger charge is -2.04. The Morgan fingerprint density at radius 2 is 2.29 bits per heavy atom. The van der Waals surface area contributed by atoms with E-state index in [1.807, 2.05) is 32.3 Å². The molecular formula is C10H11BrN2O. The molecule has 2 aromatic rings. The first-order valence-corrected chi connectivity index (χ1v) is 5.25. The number of aryl methyl sites for hydroxylation is 1. The van der Waals surface area contributed by atoms with Crippen molar-refractivity contribution in [3.8, 4) is 5.75 Å². The summed E-state index contributed by atoms with van der Waals surface area (Å²) in [4.78, 5) is 0. The molecule has 0 atom stereocenters. The number of ether oxygens (including phenoxy) is 1. The Morgan fingerprint density at radius 1 is 1.50 bits per heavy atom. The maximum Gasteiger partial charge on any atom is 0.135 e. The van der Waals surface area contributed by atoms with Gasteiger partial charge in [0.2, 0.25) is 0 Å². The second-order valence-electron chi connectivity index (χ2n) is 3.08. The van der Waals surface area contributed by atoms with Gasteiger partial charge in [0.05, 0.1) is 16.6 Å². The molecule has 74 valence electrons. The molecule has 0 aliphatic rings. The van der Waals surface area contributed by atoms with Gasteiger partial charge in [-0.2, -0.15) is 5.10 Å². The quantitative estimate of drug-likeness (QED) is 0.824. The lowest BCUT2D eigenvalue weighted by Crippen LogP contribution is -1.92. The van der Waals surface area contributed by atoms with Crippen LogP contribution in [0.3, 0.4) is 0 Å². The summed E-state index contributed by atoms with van der Waals surface area (Å²) in [5.41, 5.74) is 0.958. The standard InChI is InChI=1S/C10H11BrN2O/c1-3-14-10-5-9-7(4-8(10)11)6-13(2)12-9/h4-6H,3H2,1-2H3. The highest BCUT2D eigenvalue weighted by molar-refractivity contribution is 9.10. The van der Waals surface area contributed by atoms with Gasteiger partial charge in [0, 0.05) is 24.7 Å². The lowest BCUT2D eigenvalue weighted by molar-refractivity contribution is 0.338. The fourth-order valence-electron chi connectivity index (χ4n) is 1.41. The Morgan fingerprint density at radius 3 is 3.00 bits per heavy atom. The van der Waals surface area contributed by atoms with Crippen LogP contribution in [-0.4, -0.2) is 16.4 Å². The summed E-state index contributed by atoms with van der Waals surface area (Å²) in [6, 6.07) is 3.97. The highest BCUT2D eigenvalue weighted by Gasteiger charge is 2.05. The number of fused-ring (bicyclic) bond motifs is 1. The normalized spacial score (nSPS) is 10.8. The molecule has 0 aliphatic heterocycles. The van der Waals surface area contributed by atoms with E-state index in [4.69, 9.17) is 4.74 Å². The molecule has 0 unspecified atom stereocenters. The molecule has 0 saturated heterocycles. The molecule has 3 nitrogen and oxygen atoms in total. The highest BCUT2D eigenvalue weighted by atomic mass is 79.9. The van der Waals surface area contributed by atoms with Gasteiger partial charge < -0.3 is 4.74 Å². The van der Waals surface area contributed by atoms with Crippen molar-refractivity contribution in [1.29, 1.82) is 0 Å². The van der Waals surface area contributed by atoms with Crippen LogP contribution in [-0.2, 0) is 7.05 Å². The minimum Gasteiger partial charge on any atom is -0.493 e. The van der Waals surface area contributed by atoms with Crippen LogP contribution in [0.1, 0.15) is 6.92 Å². The zero-order valence-electron chi connectivity index (χ0n) is 8.12. The fraction of sp³-hybridized carbons (Fsp3) is 0.300. The molecule has 0 bridgehead atoms. The summed E-state index contributed by atoms with van der Waals surface area (Å²) in [5.74, 6) is 0.846. The number of nitrogens with zero attached hydrogens (tertiary/aromatic N) is 2. The molecule has 1 aromatic heterocycles. The summed E-state index contributed by atoms with van der Waals surface area (Å²) in [7, 11) is 1.91. The summed E-state index contributed by atoms with van der Waals surface area (Å²) in [5, 5.41) is 5.43. The number of halogens is 1. The summed E-state index contributed by atoms with van der Waals surface area (Å²) >= 11 is 3.47. The van der Waals surface area contributed by atoms with Crippen LogP contribution in [0.5, 0.6) is 5.75 Å². The summed E-state index contributed by atoms with van der Waals surface area (Å²) in [6.07, 6.45) is 1.98. The first-order valence-electron chi connectivity index (χ1n) is 4.46. The average Bonchev–Trinajstić information content (AvgIpc) is 2.45. The molecule has 0 aliphatic carbocycles. The van der Waals surface area contributed by atoms with Crippen LogP contribution in [0.25, 0.3) is 10.9 Å². The zero-order valence-corrected chi connectivity index (χ0v) is 9.71. The van der Waals surface area contributed by atoms with Gasteiger partial charge in [-0.1, -0.05) is 0 Å². The largest absolute Gasteiger partial charge is 0.493 e. The van der Waals surface area contributed by atoms with E-state index < -0.39 is 0 Å². The van der Waals surface area contributed by atoms with Crippen molar-refractivity contribution in [2.24, 2.45) is 7.05 Å². The molecule has 0 radical (unpaired) electrons. The minimum atomic E-state index is 0.664. The number of rotatable bonds is 2. The van der Waals surface area contributed by atoms with E-state index in [1.54, 1.807) is 4.68 Å². The predicted molar refractivity (Wildman–Crippen MR) is 59.6 cm³/mol. The first kappa shape index (κ1) is 9.52. The third-order valence-electron chi connectivity index (χ3n) is 1.97. The second kappa shape index (κ2) is 3.61. The molecule has 2 rings (SSSR count). The third kappa shape index (κ3) is 1.62. The Kier molecular flexibility index (Phi) is 2.46. The zero-order chi connectivity index (χ0) is 10.1. The van der Waals surface area contributed by atoms with Gasteiger partial charge in [-0.25, -0.2) is 0 Å². The molecule has 0 N–H and O–H groups in total. The van der Waals surface area contributed by atoms with Crippen LogP contribution in [0.15, 0.2) is 22.8 Å². The first-order chi connectivity index (χ1) is 6.70. The summed E-state index contributed by atoms with van der Waals surface area (Å²) < 4.78 is 8.23. The van der Waals surface area contributed by atoms with Crippen molar-refractivity contribution in [3.05, 3.63) is 22.8 Å². The van der Waals surface area contributed by atoms with Crippen LogP contribution >= 0.6 is 15.9 Å². The molecule has 1 heterocycles. The minimum absolute atomic E-state index is 0.664. The Bertz CT molecular complexity index is 464. The number of aromatic nitrogens is 2. The van der Waals surface area contributed by atoms with Crippen LogP contribution in [0, 0.1) is 0 Å². The third-order valence-corrected chi connectivity index (χ3v) is 2.59. The Labute approximate surface area is 90.8 Å². The van der Waals surface area contributed by atoms with Gasteiger partial charge in [-0.05, 0) is 28.9 Å². The number of benzene rings is 1. The molecule has 4 heteroatoms. The van der Waals surface area contributed by atoms with Gasteiger partial charge in [0.1, 0.15) is 5.75 Å². The van der Waals surface area contributed by atoms with E-state index in [2.05, 4.69) is 21.0 Å². The molecule has 0 amide bonds. The van der Waals surface area contributed by atoms with E-state index in [9.17, 15) is 0 Å². The van der Waals surface area contributed by atoms with Crippen molar-refractivity contribution in [3.63, 3.8) is 0 Å². The SMILES string of the molecule is CCOc1cc2nn(C)cc2cc1Br. The van der Waals surface area contributed by atoms with Crippen molar-refractivity contribution < 1.29 is 4.74 Å². The fourth-order valence-corrected chi connectivity index (χ4v) is 1.89. The van der Waals surface area contributed by atoms with E-state index in [-0.39, 0.29) is 0 Å². The van der Waals surface area contributed by atoms with Crippen LogP contribution in [0.2, 0.25) is 0 Å². The van der Waals surface area contributed by atoms with Gasteiger partial charge in [0.25, 0.3) is 0 Å². The van der Waals surface area contributed by atoms with Crippen molar-refractivity contribution in [2.45, 2.75) is 6.92 Å². The molecule has 1 aromatic carbocycles. The number of hydrogen-bond donors (Lipinski definition) is 0. The van der Waals surface area contributed by atoms with E-state index in [1.165, 1.54) is 0 Å². The van der Waals surface area contributed by atoms with E-state index in [0.29, 0.717) is 6.61 Å². The van der Waals surface area contributed by atoms with Crippen LogP contribution in [0.4, 0.5) is 0 Å². The Hall–Kier alpha value is -1.03. The molecule has 0 saturated carbocycles. The summed E-state index contributed by atoms with van der Waals surface area (Å²) in [6.45, 7) is 2.63. The van der Waals surface area contributed by atoms with Crippen molar-refractivity contribution in [1.82, 2.24) is 9.78 Å². The maximum absolute atomic E-state index is 5.46. The average molecular weight is 255 g/mol. The monoisotopic (exact) mass is 254 g/mol. The lowest BCUT2D eigenvalue weighted by atomic mass is 10.2. The van der Waals surface area contributed by atoms with Crippen molar-refractivity contribution in [2.75, 3.05) is 6.61 Å². The predicted octanol–water partition coefficient (Wildman–Crippen LogP) is 2.73. The van der Waals surface area contributed by atoms with Gasteiger partial charge in [0.15, 0.2) is 0 Å². The smallest absolute Gasteiger partial charge is 0.135 e. The van der Waals surface area contributed by atoms with E-state index in [0.717, 1.165) is 21.1 Å². The van der Waals surface area contributed by atoms with Crippen LogP contribution < -0.4 is 4.74 Å². The van der Waals surface area contributed by atoms with Crippen molar-refractivity contribution >= 4 is 26.8 Å². The Balaban J connectivity index is 2.58. The second-order valence-corrected chi connectivity index (χ2v) is 3.93. The van der Waals surface area contributed by atoms with E-state index >= 15 is 0 Å².